The second kappa shape index (κ2) is 7.64. The lowest BCUT2D eigenvalue weighted by Gasteiger charge is -2.06. The average molecular weight is 373 g/mol. The van der Waals surface area contributed by atoms with Crippen LogP contribution in [0.25, 0.3) is 33.4 Å². The Bertz CT molecular complexity index is 1130. The molecule has 28 heavy (non-hydrogen) atoms. The lowest BCUT2D eigenvalue weighted by molar-refractivity contribution is 0.0953. The molecule has 4 rings (SSSR count). The molecule has 4 nitrogen and oxygen atoms in total. The van der Waals surface area contributed by atoms with Gasteiger partial charge in [0.2, 0.25) is 0 Å². The number of halogens is 1. The Hall–Kier alpha value is -3.47. The fourth-order valence-electron chi connectivity index (χ4n) is 3.14. The Labute approximate surface area is 162 Å². The molecule has 0 bridgehead atoms. The van der Waals surface area contributed by atoms with Crippen molar-refractivity contribution in [3.8, 4) is 22.4 Å². The van der Waals surface area contributed by atoms with Gasteiger partial charge in [-0.1, -0.05) is 19.1 Å². The maximum atomic E-state index is 13.2. The third kappa shape index (κ3) is 3.64. The standard InChI is InChI=1S/C23H20FN3O/c1-2-10-25-23(28)17-5-3-4-16(11-17)19-12-18-13-21(27-22(18)26-14-19)15-6-8-20(24)9-7-15/h3-9,11-14H,2,10H2,1H3,(H,25,28)(H,26,27). The van der Waals surface area contributed by atoms with Gasteiger partial charge in [-0.25, -0.2) is 9.37 Å². The lowest BCUT2D eigenvalue weighted by Crippen LogP contribution is -2.23. The van der Waals surface area contributed by atoms with E-state index in [9.17, 15) is 9.18 Å². The molecule has 0 aliphatic rings. The van der Waals surface area contributed by atoms with E-state index in [1.54, 1.807) is 18.3 Å². The summed E-state index contributed by atoms with van der Waals surface area (Å²) >= 11 is 0. The first-order chi connectivity index (χ1) is 13.6. The van der Waals surface area contributed by atoms with Gasteiger partial charge in [0.15, 0.2) is 0 Å². The summed E-state index contributed by atoms with van der Waals surface area (Å²) in [4.78, 5) is 20.0. The molecule has 0 atom stereocenters. The first-order valence-electron chi connectivity index (χ1n) is 9.27. The van der Waals surface area contributed by atoms with Gasteiger partial charge in [-0.3, -0.25) is 4.79 Å². The number of nitrogens with one attached hydrogen (secondary N) is 2. The molecule has 2 heterocycles. The van der Waals surface area contributed by atoms with Crippen LogP contribution in [0.5, 0.6) is 0 Å². The predicted molar refractivity (Wildman–Crippen MR) is 110 cm³/mol. The second-order valence-corrected chi connectivity index (χ2v) is 6.69. The minimum atomic E-state index is -0.261. The molecule has 0 fully saturated rings. The molecular weight excluding hydrogens is 353 g/mol. The summed E-state index contributed by atoms with van der Waals surface area (Å²) in [5.41, 5.74) is 5.04. The molecule has 2 aromatic heterocycles. The number of carbonyl (C=O) groups is 1. The summed E-state index contributed by atoms with van der Waals surface area (Å²) in [5.74, 6) is -0.332. The van der Waals surface area contributed by atoms with Gasteiger partial charge in [0.05, 0.1) is 0 Å². The van der Waals surface area contributed by atoms with Crippen molar-refractivity contribution in [1.29, 1.82) is 0 Å². The molecule has 140 valence electrons. The zero-order valence-electron chi connectivity index (χ0n) is 15.5. The summed E-state index contributed by atoms with van der Waals surface area (Å²) in [6.07, 6.45) is 2.69. The average Bonchev–Trinajstić information content (AvgIpc) is 3.16. The molecule has 0 aliphatic carbocycles. The van der Waals surface area contributed by atoms with Gasteiger partial charge in [-0.05, 0) is 66.1 Å². The molecular formula is C23H20FN3O. The van der Waals surface area contributed by atoms with Crippen LogP contribution >= 0.6 is 0 Å². The van der Waals surface area contributed by atoms with Crippen molar-refractivity contribution in [3.63, 3.8) is 0 Å². The fraction of sp³-hybridized carbons (Fsp3) is 0.130. The highest BCUT2D eigenvalue weighted by molar-refractivity contribution is 5.95. The van der Waals surface area contributed by atoms with Crippen LogP contribution in [0, 0.1) is 5.82 Å². The van der Waals surface area contributed by atoms with E-state index >= 15 is 0 Å². The third-order valence-corrected chi connectivity index (χ3v) is 4.62. The summed E-state index contributed by atoms with van der Waals surface area (Å²) in [7, 11) is 0. The number of fused-ring (bicyclic) bond motifs is 1. The molecule has 0 radical (unpaired) electrons. The molecule has 0 aliphatic heterocycles. The van der Waals surface area contributed by atoms with Crippen molar-refractivity contribution >= 4 is 16.9 Å². The number of nitrogens with zero attached hydrogens (tertiary/aromatic N) is 1. The van der Waals surface area contributed by atoms with Crippen LogP contribution in [-0.2, 0) is 0 Å². The molecule has 5 heteroatoms. The van der Waals surface area contributed by atoms with Crippen molar-refractivity contribution in [1.82, 2.24) is 15.3 Å². The molecule has 2 aromatic carbocycles. The van der Waals surface area contributed by atoms with Gasteiger partial charge >= 0.3 is 0 Å². The quantitative estimate of drug-likeness (QED) is 0.507. The van der Waals surface area contributed by atoms with E-state index in [1.807, 2.05) is 43.3 Å². The summed E-state index contributed by atoms with van der Waals surface area (Å²) in [6, 6.07) is 17.9. The second-order valence-electron chi connectivity index (χ2n) is 6.69. The number of aromatic amines is 1. The van der Waals surface area contributed by atoms with Crippen LogP contribution < -0.4 is 5.32 Å². The van der Waals surface area contributed by atoms with E-state index in [2.05, 4.69) is 15.3 Å². The van der Waals surface area contributed by atoms with Crippen LogP contribution in [0.4, 0.5) is 4.39 Å². The zero-order valence-corrected chi connectivity index (χ0v) is 15.5. The van der Waals surface area contributed by atoms with Crippen LogP contribution in [0.3, 0.4) is 0 Å². The smallest absolute Gasteiger partial charge is 0.251 e. The van der Waals surface area contributed by atoms with Gasteiger partial charge in [0.25, 0.3) is 5.91 Å². The lowest BCUT2D eigenvalue weighted by atomic mass is 10.0. The first-order valence-corrected chi connectivity index (χ1v) is 9.27. The fourth-order valence-corrected chi connectivity index (χ4v) is 3.14. The van der Waals surface area contributed by atoms with Gasteiger partial charge in [-0.15, -0.1) is 0 Å². The van der Waals surface area contributed by atoms with E-state index in [-0.39, 0.29) is 11.7 Å². The summed E-state index contributed by atoms with van der Waals surface area (Å²) in [6.45, 7) is 2.68. The summed E-state index contributed by atoms with van der Waals surface area (Å²) < 4.78 is 13.2. The highest BCUT2D eigenvalue weighted by Gasteiger charge is 2.09. The van der Waals surface area contributed by atoms with E-state index < -0.39 is 0 Å². The Balaban J connectivity index is 1.66. The minimum absolute atomic E-state index is 0.0713. The molecule has 1 amide bonds. The van der Waals surface area contributed by atoms with Gasteiger partial charge < -0.3 is 10.3 Å². The van der Waals surface area contributed by atoms with E-state index in [0.29, 0.717) is 12.1 Å². The maximum absolute atomic E-state index is 13.2. The number of aromatic nitrogens is 2. The van der Waals surface area contributed by atoms with Crippen molar-refractivity contribution in [2.45, 2.75) is 13.3 Å². The number of hydrogen-bond donors (Lipinski definition) is 2. The van der Waals surface area contributed by atoms with E-state index in [1.165, 1.54) is 12.1 Å². The highest BCUT2D eigenvalue weighted by Crippen LogP contribution is 2.27. The highest BCUT2D eigenvalue weighted by atomic mass is 19.1. The molecule has 0 unspecified atom stereocenters. The van der Waals surface area contributed by atoms with E-state index in [0.717, 1.165) is 39.8 Å². The number of amides is 1. The number of pyridine rings is 1. The largest absolute Gasteiger partial charge is 0.352 e. The monoisotopic (exact) mass is 373 g/mol. The van der Waals surface area contributed by atoms with Crippen molar-refractivity contribution < 1.29 is 9.18 Å². The van der Waals surface area contributed by atoms with Gasteiger partial charge in [0.1, 0.15) is 11.5 Å². The Morgan fingerprint density at radius 3 is 2.64 bits per heavy atom. The summed E-state index contributed by atoms with van der Waals surface area (Å²) in [5, 5.41) is 3.85. The Morgan fingerprint density at radius 1 is 1.04 bits per heavy atom. The predicted octanol–water partition coefficient (Wildman–Crippen LogP) is 5.18. The van der Waals surface area contributed by atoms with E-state index in [4.69, 9.17) is 0 Å². The SMILES string of the molecule is CCCNC(=O)c1cccc(-c2cnc3[nH]c(-c4ccc(F)cc4)cc3c2)c1. The number of rotatable bonds is 5. The minimum Gasteiger partial charge on any atom is -0.352 e. The molecule has 0 spiro atoms. The molecule has 4 aromatic rings. The topological polar surface area (TPSA) is 57.8 Å². The van der Waals surface area contributed by atoms with Crippen molar-refractivity contribution in [2.24, 2.45) is 0 Å². The van der Waals surface area contributed by atoms with Crippen LogP contribution in [-0.4, -0.2) is 22.4 Å². The number of benzene rings is 2. The van der Waals surface area contributed by atoms with Crippen LogP contribution in [0.15, 0.2) is 66.9 Å². The third-order valence-electron chi connectivity index (χ3n) is 4.62. The maximum Gasteiger partial charge on any atom is 0.251 e. The van der Waals surface area contributed by atoms with Crippen LogP contribution in [0.1, 0.15) is 23.7 Å². The number of hydrogen-bond acceptors (Lipinski definition) is 2. The first kappa shape index (κ1) is 17.9. The molecule has 0 saturated heterocycles. The van der Waals surface area contributed by atoms with Crippen LogP contribution in [0.2, 0.25) is 0 Å². The number of carbonyl (C=O) groups excluding carboxylic acids is 1. The normalized spacial score (nSPS) is 10.9. The van der Waals surface area contributed by atoms with Crippen molar-refractivity contribution in [2.75, 3.05) is 6.54 Å². The number of H-pyrrole nitrogens is 1. The van der Waals surface area contributed by atoms with Gasteiger partial charge in [-0.2, -0.15) is 0 Å². The zero-order chi connectivity index (χ0) is 19.5. The van der Waals surface area contributed by atoms with Gasteiger partial charge in [0, 0.05) is 34.9 Å². The molecule has 0 saturated carbocycles. The Kier molecular flexibility index (Phi) is 4.89. The Morgan fingerprint density at radius 2 is 1.86 bits per heavy atom. The van der Waals surface area contributed by atoms with Crippen molar-refractivity contribution in [3.05, 3.63) is 78.2 Å². The molecule has 2 N–H and O–H groups in total.